The van der Waals surface area contributed by atoms with Crippen molar-refractivity contribution in [2.75, 3.05) is 6.54 Å². The van der Waals surface area contributed by atoms with Crippen LogP contribution in [0.15, 0.2) is 53.8 Å². The smallest absolute Gasteiger partial charge is 0.160 e. The molecule has 1 saturated heterocycles. The fraction of sp³-hybridized carbons (Fsp3) is 0.348. The van der Waals surface area contributed by atoms with Gasteiger partial charge in [0.25, 0.3) is 0 Å². The van der Waals surface area contributed by atoms with E-state index in [1.807, 2.05) is 30.2 Å². The van der Waals surface area contributed by atoms with Crippen LogP contribution in [0.4, 0.5) is 0 Å². The van der Waals surface area contributed by atoms with Gasteiger partial charge in [0.2, 0.25) is 0 Å². The van der Waals surface area contributed by atoms with Crippen molar-refractivity contribution in [3.8, 4) is 5.82 Å². The van der Waals surface area contributed by atoms with Crippen LogP contribution in [0.5, 0.6) is 0 Å². The van der Waals surface area contributed by atoms with Crippen molar-refractivity contribution < 1.29 is 0 Å². The van der Waals surface area contributed by atoms with Gasteiger partial charge < -0.3 is 9.47 Å². The molecule has 6 heteroatoms. The lowest BCUT2D eigenvalue weighted by atomic mass is 9.96. The first kappa shape index (κ1) is 18.4. The molecule has 5 heterocycles. The number of thioether (sulfide) groups is 1. The van der Waals surface area contributed by atoms with Crippen molar-refractivity contribution in [3.05, 3.63) is 77.0 Å². The second-order valence-electron chi connectivity index (χ2n) is 7.99. The normalized spacial score (nSPS) is 23.4. The summed E-state index contributed by atoms with van der Waals surface area (Å²) in [5.74, 6) is 0.967. The third-order valence-electron chi connectivity index (χ3n) is 5.80. The molecule has 3 atom stereocenters. The van der Waals surface area contributed by atoms with Crippen LogP contribution in [-0.2, 0) is 0 Å². The minimum Gasteiger partial charge on any atom is -0.341 e. The standard InChI is InChI=1S/C23H25N5S/c1-14-8-9-20(25-12-14)28-15(2)11-18(17(28)4)22-21(19-7-5-6-10-24-19)26-23-27(22)13-16(3)29-23/h5-12,16,21-22H,13H2,1-4H3/t16-,21-,22-/m1/s1. The highest BCUT2D eigenvalue weighted by Crippen LogP contribution is 2.48. The number of rotatable bonds is 3. The summed E-state index contributed by atoms with van der Waals surface area (Å²) in [4.78, 5) is 16.9. The van der Waals surface area contributed by atoms with Crippen LogP contribution >= 0.6 is 11.8 Å². The number of fused-ring (bicyclic) bond motifs is 1. The Hall–Kier alpha value is -2.60. The number of hydrogen-bond donors (Lipinski definition) is 0. The van der Waals surface area contributed by atoms with Gasteiger partial charge in [0, 0.05) is 35.6 Å². The minimum atomic E-state index is 0.0196. The molecule has 2 aliphatic rings. The van der Waals surface area contributed by atoms with E-state index in [4.69, 9.17) is 4.99 Å². The second kappa shape index (κ2) is 7.02. The summed E-state index contributed by atoms with van der Waals surface area (Å²) in [6.45, 7) is 9.72. The second-order valence-corrected chi connectivity index (χ2v) is 9.40. The van der Waals surface area contributed by atoms with Gasteiger partial charge in [0.15, 0.2) is 5.17 Å². The first-order chi connectivity index (χ1) is 14.0. The highest BCUT2D eigenvalue weighted by Gasteiger charge is 2.44. The molecule has 0 N–H and O–H groups in total. The molecule has 2 aliphatic heterocycles. The van der Waals surface area contributed by atoms with Gasteiger partial charge in [0.05, 0.1) is 11.7 Å². The summed E-state index contributed by atoms with van der Waals surface area (Å²) in [7, 11) is 0. The quantitative estimate of drug-likeness (QED) is 0.631. The lowest BCUT2D eigenvalue weighted by Gasteiger charge is -2.27. The number of pyridine rings is 2. The van der Waals surface area contributed by atoms with E-state index in [2.05, 4.69) is 77.5 Å². The van der Waals surface area contributed by atoms with E-state index < -0.39 is 0 Å². The van der Waals surface area contributed by atoms with Crippen LogP contribution in [0.2, 0.25) is 0 Å². The molecule has 3 aromatic heterocycles. The average Bonchev–Trinajstić information content (AvgIpc) is 3.33. The van der Waals surface area contributed by atoms with Gasteiger partial charge in [-0.25, -0.2) is 4.98 Å². The number of hydrogen-bond acceptors (Lipinski definition) is 5. The summed E-state index contributed by atoms with van der Waals surface area (Å²) < 4.78 is 2.26. The Morgan fingerprint density at radius 2 is 1.93 bits per heavy atom. The number of aryl methyl sites for hydroxylation is 2. The fourth-order valence-electron chi connectivity index (χ4n) is 4.49. The molecule has 29 heavy (non-hydrogen) atoms. The van der Waals surface area contributed by atoms with Crippen molar-refractivity contribution in [2.24, 2.45) is 4.99 Å². The van der Waals surface area contributed by atoms with E-state index in [-0.39, 0.29) is 12.1 Å². The molecule has 0 bridgehead atoms. The summed E-state index contributed by atoms with van der Waals surface area (Å²) in [5, 5.41) is 1.71. The van der Waals surface area contributed by atoms with E-state index >= 15 is 0 Å². The van der Waals surface area contributed by atoms with E-state index in [1.54, 1.807) is 0 Å². The van der Waals surface area contributed by atoms with Crippen LogP contribution in [0.25, 0.3) is 5.82 Å². The number of aliphatic imine (C=N–C) groups is 1. The molecule has 0 aromatic carbocycles. The third-order valence-corrected chi connectivity index (χ3v) is 6.90. The Morgan fingerprint density at radius 3 is 2.66 bits per heavy atom. The van der Waals surface area contributed by atoms with Gasteiger partial charge in [-0.3, -0.25) is 9.98 Å². The average molecular weight is 404 g/mol. The maximum absolute atomic E-state index is 5.11. The Labute approximate surface area is 175 Å². The third kappa shape index (κ3) is 3.06. The lowest BCUT2D eigenvalue weighted by Crippen LogP contribution is -2.28. The zero-order valence-electron chi connectivity index (χ0n) is 17.2. The van der Waals surface area contributed by atoms with Gasteiger partial charge in [-0.05, 0) is 56.2 Å². The molecule has 0 unspecified atom stereocenters. The van der Waals surface area contributed by atoms with Gasteiger partial charge in [-0.2, -0.15) is 0 Å². The van der Waals surface area contributed by atoms with Gasteiger partial charge >= 0.3 is 0 Å². The summed E-state index contributed by atoms with van der Waals surface area (Å²) >= 11 is 1.88. The van der Waals surface area contributed by atoms with Crippen molar-refractivity contribution in [1.82, 2.24) is 19.4 Å². The molecule has 5 nitrogen and oxygen atoms in total. The SMILES string of the molecule is Cc1ccc(-n2c(C)cc([C@@H]3[C@@H](c4ccccn4)N=C4S[C@H](C)CN43)c2C)nc1. The van der Waals surface area contributed by atoms with E-state index in [0.717, 1.165) is 23.2 Å². The van der Waals surface area contributed by atoms with Crippen LogP contribution in [0.1, 0.15) is 47.2 Å². The van der Waals surface area contributed by atoms with Crippen LogP contribution in [0.3, 0.4) is 0 Å². The number of aromatic nitrogens is 3. The first-order valence-corrected chi connectivity index (χ1v) is 10.9. The zero-order valence-corrected chi connectivity index (χ0v) is 18.0. The van der Waals surface area contributed by atoms with Gasteiger partial charge in [0.1, 0.15) is 11.9 Å². The predicted molar refractivity (Wildman–Crippen MR) is 119 cm³/mol. The number of nitrogens with zero attached hydrogens (tertiary/aromatic N) is 5. The molecular weight excluding hydrogens is 378 g/mol. The predicted octanol–water partition coefficient (Wildman–Crippen LogP) is 4.78. The molecule has 0 amide bonds. The summed E-state index contributed by atoms with van der Waals surface area (Å²) in [6.07, 6.45) is 3.80. The summed E-state index contributed by atoms with van der Waals surface area (Å²) in [6, 6.07) is 12.8. The Bertz CT molecular complexity index is 1070. The summed E-state index contributed by atoms with van der Waals surface area (Å²) in [5.41, 5.74) is 5.94. The molecule has 0 saturated carbocycles. The van der Waals surface area contributed by atoms with Crippen molar-refractivity contribution >= 4 is 16.9 Å². The zero-order chi connectivity index (χ0) is 20.1. The van der Waals surface area contributed by atoms with Crippen LogP contribution in [-0.4, -0.2) is 36.4 Å². The Morgan fingerprint density at radius 1 is 1.07 bits per heavy atom. The van der Waals surface area contributed by atoms with Crippen molar-refractivity contribution in [1.29, 1.82) is 0 Å². The highest BCUT2D eigenvalue weighted by atomic mass is 32.2. The molecular formula is C23H25N5S. The first-order valence-electron chi connectivity index (χ1n) is 10.1. The maximum Gasteiger partial charge on any atom is 0.160 e. The van der Waals surface area contributed by atoms with E-state index in [0.29, 0.717) is 5.25 Å². The molecule has 0 spiro atoms. The molecule has 0 radical (unpaired) electrons. The van der Waals surface area contributed by atoms with E-state index in [9.17, 15) is 0 Å². The fourth-order valence-corrected chi connectivity index (χ4v) is 5.58. The van der Waals surface area contributed by atoms with Crippen LogP contribution in [0, 0.1) is 20.8 Å². The number of amidine groups is 1. The van der Waals surface area contributed by atoms with Crippen LogP contribution < -0.4 is 0 Å². The molecule has 1 fully saturated rings. The monoisotopic (exact) mass is 403 g/mol. The molecule has 5 rings (SSSR count). The lowest BCUT2D eigenvalue weighted by molar-refractivity contribution is 0.320. The van der Waals surface area contributed by atoms with E-state index in [1.165, 1.54) is 22.5 Å². The largest absolute Gasteiger partial charge is 0.341 e. The topological polar surface area (TPSA) is 46.3 Å². The van der Waals surface area contributed by atoms with Gasteiger partial charge in [-0.15, -0.1) is 0 Å². The minimum absolute atomic E-state index is 0.0196. The molecule has 0 aliphatic carbocycles. The van der Waals surface area contributed by atoms with Crippen molar-refractivity contribution in [2.45, 2.75) is 45.0 Å². The maximum atomic E-state index is 5.11. The highest BCUT2D eigenvalue weighted by molar-refractivity contribution is 8.14. The Balaban J connectivity index is 1.62. The van der Waals surface area contributed by atoms with Gasteiger partial charge in [-0.1, -0.05) is 30.8 Å². The molecule has 3 aromatic rings. The molecule has 148 valence electrons. The van der Waals surface area contributed by atoms with Crippen molar-refractivity contribution in [3.63, 3.8) is 0 Å². The Kier molecular flexibility index (Phi) is 4.46.